The summed E-state index contributed by atoms with van der Waals surface area (Å²) >= 11 is 0. The van der Waals surface area contributed by atoms with E-state index in [4.69, 9.17) is 18.2 Å². The molecule has 0 saturated carbocycles. The van der Waals surface area contributed by atoms with Crippen molar-refractivity contribution in [3.8, 4) is 0 Å². The summed E-state index contributed by atoms with van der Waals surface area (Å²) in [5.74, 6) is -0.333. The highest BCUT2D eigenvalue weighted by atomic mass is 32.2. The zero-order chi connectivity index (χ0) is 30.7. The molecule has 4 rings (SSSR count). The first-order chi connectivity index (χ1) is 18.2. The Morgan fingerprint density at radius 1 is 0.475 bits per heavy atom. The number of primary amides is 1. The van der Waals surface area contributed by atoms with Crippen LogP contribution in [0.2, 0.25) is 0 Å². The molecule has 0 aliphatic heterocycles. The number of hydrogen-bond donors (Lipinski definition) is 5. The molecule has 40 heavy (non-hydrogen) atoms. The zero-order valence-electron chi connectivity index (χ0n) is 20.1. The number of nitrogens with two attached hydrogens (primary N) is 1. The molecule has 0 radical (unpaired) electrons. The molecule has 1 amide bonds. The number of fused-ring (bicyclic) bond motifs is 2. The first-order valence-electron chi connectivity index (χ1n) is 10.3. The first kappa shape index (κ1) is 32.7. The van der Waals surface area contributed by atoms with Crippen molar-refractivity contribution in [2.24, 2.45) is 5.73 Å². The highest BCUT2D eigenvalue weighted by Gasteiger charge is 2.20. The summed E-state index contributed by atoms with van der Waals surface area (Å²) in [6, 6.07) is 15.1. The molecule has 0 aliphatic carbocycles. The average molecular weight is 636 g/mol. The van der Waals surface area contributed by atoms with Gasteiger partial charge in [-0.25, -0.2) is 0 Å². The van der Waals surface area contributed by atoms with Gasteiger partial charge in [-0.2, -0.15) is 33.7 Å². The molecule has 4 aromatic carbocycles. The van der Waals surface area contributed by atoms with Crippen molar-refractivity contribution >= 4 is 67.9 Å². The highest BCUT2D eigenvalue weighted by Crippen LogP contribution is 2.29. The van der Waals surface area contributed by atoms with Crippen LogP contribution >= 0.6 is 0 Å². The van der Waals surface area contributed by atoms with Gasteiger partial charge in [0.05, 0.1) is 0 Å². The summed E-state index contributed by atoms with van der Waals surface area (Å²) in [4.78, 5) is 7.58. The van der Waals surface area contributed by atoms with Gasteiger partial charge in [0.1, 0.15) is 19.6 Å². The third kappa shape index (κ3) is 8.26. The lowest BCUT2D eigenvalue weighted by molar-refractivity contribution is -0.115. The van der Waals surface area contributed by atoms with Gasteiger partial charge < -0.3 is 5.73 Å². The fourth-order valence-corrected chi connectivity index (χ4v) is 6.23. The van der Waals surface area contributed by atoms with Crippen molar-refractivity contribution in [1.29, 1.82) is 0 Å². The van der Waals surface area contributed by atoms with Gasteiger partial charge in [0.15, 0.2) is 0 Å². The maximum atomic E-state index is 11.2. The largest absolute Gasteiger partial charge is 0.370 e. The van der Waals surface area contributed by atoms with Crippen LogP contribution in [0.4, 0.5) is 0 Å². The monoisotopic (exact) mass is 635 g/mol. The van der Waals surface area contributed by atoms with E-state index in [1.165, 1.54) is 55.5 Å². The van der Waals surface area contributed by atoms with Crippen LogP contribution in [0, 0.1) is 0 Å². The van der Waals surface area contributed by atoms with E-state index in [2.05, 4.69) is 5.73 Å². The van der Waals surface area contributed by atoms with Gasteiger partial charge in [-0.3, -0.25) is 23.0 Å². The van der Waals surface area contributed by atoms with Crippen LogP contribution in [0.3, 0.4) is 0 Å². The third-order valence-electron chi connectivity index (χ3n) is 4.80. The minimum absolute atomic E-state index is 0.0233. The first-order valence-corrected chi connectivity index (χ1v) is 16.1. The lowest BCUT2D eigenvalue weighted by Gasteiger charge is -2.06. The molecule has 216 valence electrons. The number of hydrogen-bond acceptors (Lipinski definition) is 9. The molecule has 0 heterocycles. The van der Waals surface area contributed by atoms with Crippen LogP contribution in [-0.4, -0.2) is 57.8 Å². The predicted molar refractivity (Wildman–Crippen MR) is 142 cm³/mol. The van der Waals surface area contributed by atoms with Gasteiger partial charge in [0.25, 0.3) is 40.5 Å². The van der Waals surface area contributed by atoms with Gasteiger partial charge in [-0.05, 0) is 24.3 Å². The molecule has 0 fully saturated rings. The standard InChI is InChI=1S/2C10H8O6S2.C2H5NO/c2*11-17(12,13)9-5-1-3-7-8(9)4-2-6-10(7)18(14,15)16;1-2(3)4/h2*1-6H,(H,11,12,13)(H,14,15,16);1H3,(H2,3,4). The lowest BCUT2D eigenvalue weighted by atomic mass is 10.1. The number of carbonyl (C=O) groups is 1. The van der Waals surface area contributed by atoms with Gasteiger partial charge in [-0.1, -0.05) is 48.5 Å². The average Bonchev–Trinajstić information content (AvgIpc) is 2.80. The summed E-state index contributed by atoms with van der Waals surface area (Å²) in [6.45, 7) is 1.31. The third-order valence-corrected chi connectivity index (χ3v) is 8.44. The van der Waals surface area contributed by atoms with Gasteiger partial charge in [0.2, 0.25) is 5.91 Å². The number of carbonyl (C=O) groups excluding carboxylic acids is 1. The fourth-order valence-electron chi connectivity index (χ4n) is 3.40. The molecule has 0 aliphatic rings. The zero-order valence-corrected chi connectivity index (χ0v) is 23.4. The van der Waals surface area contributed by atoms with Crippen LogP contribution in [0.1, 0.15) is 6.92 Å². The molecule has 0 atom stereocenters. The normalized spacial score (nSPS) is 12.1. The van der Waals surface area contributed by atoms with E-state index in [0.29, 0.717) is 0 Å². The fraction of sp³-hybridized carbons (Fsp3) is 0.0455. The predicted octanol–water partition coefficient (Wildman–Crippen LogP) is 2.16. The summed E-state index contributed by atoms with van der Waals surface area (Å²) in [7, 11) is -17.9. The minimum Gasteiger partial charge on any atom is -0.370 e. The van der Waals surface area contributed by atoms with E-state index in [1.807, 2.05) is 0 Å². The van der Waals surface area contributed by atoms with Crippen molar-refractivity contribution in [3.63, 3.8) is 0 Å². The summed E-state index contributed by atoms with van der Waals surface area (Å²) in [5, 5.41) is 0.0931. The molecule has 0 saturated heterocycles. The molecule has 0 bridgehead atoms. The number of amides is 1. The summed E-state index contributed by atoms with van der Waals surface area (Å²) in [6.07, 6.45) is 0. The molecule has 0 aromatic heterocycles. The van der Waals surface area contributed by atoms with E-state index in [-0.39, 0.29) is 27.5 Å². The second-order valence-electron chi connectivity index (χ2n) is 7.73. The smallest absolute Gasteiger partial charge is 0.295 e. The highest BCUT2D eigenvalue weighted by molar-refractivity contribution is 7.87. The SMILES string of the molecule is CC(N)=O.O=S(=O)(O)c1cccc2c(S(=O)(=O)O)cccc12.O=S(=O)(O)c1cccc2c(S(=O)(=O)O)cccc12. The lowest BCUT2D eigenvalue weighted by Crippen LogP contribution is -2.02. The van der Waals surface area contributed by atoms with Crippen molar-refractivity contribution in [2.75, 3.05) is 0 Å². The minimum atomic E-state index is -4.47. The van der Waals surface area contributed by atoms with E-state index in [0.717, 1.165) is 24.3 Å². The van der Waals surface area contributed by atoms with Gasteiger partial charge in [0, 0.05) is 28.5 Å². The molecule has 0 unspecified atom stereocenters. The quantitative estimate of drug-likeness (QED) is 0.202. The Bertz CT molecular complexity index is 1750. The topological polar surface area (TPSA) is 261 Å². The van der Waals surface area contributed by atoms with Crippen LogP contribution in [-0.2, 0) is 45.3 Å². The van der Waals surface area contributed by atoms with Gasteiger partial charge >= 0.3 is 0 Å². The van der Waals surface area contributed by atoms with Crippen molar-refractivity contribution in [2.45, 2.75) is 26.5 Å². The van der Waals surface area contributed by atoms with E-state index >= 15 is 0 Å². The Kier molecular flexibility index (Phi) is 9.77. The molecule has 14 nitrogen and oxygen atoms in total. The Morgan fingerprint density at radius 3 is 0.750 bits per heavy atom. The Hall–Kier alpha value is -3.49. The van der Waals surface area contributed by atoms with E-state index in [1.54, 1.807) is 0 Å². The molecule has 4 aromatic rings. The second-order valence-corrected chi connectivity index (χ2v) is 13.3. The summed E-state index contributed by atoms with van der Waals surface area (Å²) < 4.78 is 125. The second kappa shape index (κ2) is 11.9. The molecule has 18 heteroatoms. The maximum Gasteiger partial charge on any atom is 0.295 e. The van der Waals surface area contributed by atoms with Crippen LogP contribution in [0.25, 0.3) is 21.5 Å². The van der Waals surface area contributed by atoms with E-state index < -0.39 is 60.1 Å². The van der Waals surface area contributed by atoms with Crippen molar-refractivity contribution in [3.05, 3.63) is 72.8 Å². The van der Waals surface area contributed by atoms with Gasteiger partial charge in [-0.15, -0.1) is 0 Å². The Labute approximate surface area is 229 Å². The molecule has 0 spiro atoms. The molecule has 6 N–H and O–H groups in total. The molecular weight excluding hydrogens is 615 g/mol. The number of benzene rings is 4. The van der Waals surface area contributed by atoms with E-state index in [9.17, 15) is 38.5 Å². The Balaban J connectivity index is 0.000000247. The van der Waals surface area contributed by atoms with Crippen LogP contribution in [0.15, 0.2) is 92.4 Å². The maximum absolute atomic E-state index is 11.2. The number of rotatable bonds is 4. The Morgan fingerprint density at radius 2 is 0.625 bits per heavy atom. The van der Waals surface area contributed by atoms with Crippen LogP contribution in [0.5, 0.6) is 0 Å². The van der Waals surface area contributed by atoms with Crippen molar-refractivity contribution < 1.29 is 56.7 Å². The molecular formula is C22H21NO13S4. The van der Waals surface area contributed by atoms with Crippen molar-refractivity contribution in [1.82, 2.24) is 0 Å². The van der Waals surface area contributed by atoms with Crippen LogP contribution < -0.4 is 5.73 Å². The summed E-state index contributed by atoms with van der Waals surface area (Å²) in [5.41, 5.74) is 4.47.